The monoisotopic (exact) mass is 395 g/mol. The van der Waals surface area contributed by atoms with Crippen molar-refractivity contribution < 1.29 is 14.3 Å². The van der Waals surface area contributed by atoms with Crippen LogP contribution in [0.5, 0.6) is 5.75 Å². The first kappa shape index (κ1) is 18.6. The summed E-state index contributed by atoms with van der Waals surface area (Å²) in [7, 11) is 1.46. The summed E-state index contributed by atoms with van der Waals surface area (Å²) in [6.07, 6.45) is 1.66. The van der Waals surface area contributed by atoms with Gasteiger partial charge in [-0.3, -0.25) is 15.0 Å². The van der Waals surface area contributed by atoms with Gasteiger partial charge in [-0.15, -0.1) is 0 Å². The molecule has 134 valence electrons. The van der Waals surface area contributed by atoms with Crippen molar-refractivity contribution in [1.29, 1.82) is 5.26 Å². The molecule has 1 N–H and O–H groups in total. The van der Waals surface area contributed by atoms with Gasteiger partial charge in [0.1, 0.15) is 5.75 Å². The number of carbonyl (C=O) groups excluding carboxylic acids is 2. The SMILES string of the molecule is COc1ccccc1C(=O)NN1C(=O)/C(=C\c2ccc(C#N)cc2)SC1=S. The van der Waals surface area contributed by atoms with Crippen molar-refractivity contribution >= 4 is 46.2 Å². The molecule has 2 aromatic carbocycles. The third kappa shape index (κ3) is 4.00. The second kappa shape index (κ2) is 8.03. The fourth-order valence-electron chi connectivity index (χ4n) is 2.36. The number of thiocarbonyl (C=S) groups is 1. The quantitative estimate of drug-likeness (QED) is 0.633. The third-order valence-corrected chi connectivity index (χ3v) is 5.00. The zero-order valence-corrected chi connectivity index (χ0v) is 15.8. The van der Waals surface area contributed by atoms with E-state index < -0.39 is 11.8 Å². The van der Waals surface area contributed by atoms with Crippen LogP contribution in [-0.2, 0) is 4.79 Å². The summed E-state index contributed by atoms with van der Waals surface area (Å²) in [5, 5.41) is 9.89. The first-order valence-corrected chi connectivity index (χ1v) is 8.98. The lowest BCUT2D eigenvalue weighted by atomic mass is 10.1. The Bertz CT molecular complexity index is 994. The Kier molecular flexibility index (Phi) is 5.54. The number of hydrogen-bond acceptors (Lipinski definition) is 6. The van der Waals surface area contributed by atoms with Crippen LogP contribution in [0.25, 0.3) is 6.08 Å². The molecule has 1 aliphatic heterocycles. The van der Waals surface area contributed by atoms with Gasteiger partial charge in [-0.05, 0) is 48.1 Å². The van der Waals surface area contributed by atoms with Gasteiger partial charge in [-0.1, -0.05) is 36.0 Å². The molecule has 0 aromatic heterocycles. The predicted molar refractivity (Wildman–Crippen MR) is 107 cm³/mol. The van der Waals surface area contributed by atoms with Gasteiger partial charge < -0.3 is 4.74 Å². The molecule has 0 atom stereocenters. The number of hydrogen-bond donors (Lipinski definition) is 1. The Morgan fingerprint density at radius 2 is 1.96 bits per heavy atom. The van der Waals surface area contributed by atoms with E-state index in [1.54, 1.807) is 54.6 Å². The summed E-state index contributed by atoms with van der Waals surface area (Å²) in [5.74, 6) is -0.519. The van der Waals surface area contributed by atoms with Crippen molar-refractivity contribution in [3.8, 4) is 11.8 Å². The van der Waals surface area contributed by atoms with E-state index in [4.69, 9.17) is 22.2 Å². The highest BCUT2D eigenvalue weighted by atomic mass is 32.2. The predicted octanol–water partition coefficient (Wildman–Crippen LogP) is 3.11. The smallest absolute Gasteiger partial charge is 0.285 e. The van der Waals surface area contributed by atoms with E-state index in [0.29, 0.717) is 21.8 Å². The Hall–Kier alpha value is -3.15. The van der Waals surface area contributed by atoms with Gasteiger partial charge in [-0.2, -0.15) is 10.3 Å². The van der Waals surface area contributed by atoms with E-state index in [1.165, 1.54) is 7.11 Å². The van der Waals surface area contributed by atoms with Crippen molar-refractivity contribution in [3.63, 3.8) is 0 Å². The first-order valence-electron chi connectivity index (χ1n) is 7.75. The molecule has 6 nitrogen and oxygen atoms in total. The molecule has 0 saturated carbocycles. The molecule has 0 unspecified atom stereocenters. The normalized spacial score (nSPS) is 15.0. The van der Waals surface area contributed by atoms with Crippen LogP contribution in [0, 0.1) is 11.3 Å². The Morgan fingerprint density at radius 1 is 1.26 bits per heavy atom. The first-order chi connectivity index (χ1) is 13.0. The third-order valence-electron chi connectivity index (χ3n) is 3.70. The second-order valence-electron chi connectivity index (χ2n) is 5.39. The van der Waals surface area contributed by atoms with Gasteiger partial charge in [0.15, 0.2) is 4.32 Å². The van der Waals surface area contributed by atoms with Crippen LogP contribution in [0.3, 0.4) is 0 Å². The number of thioether (sulfide) groups is 1. The Balaban J connectivity index is 1.78. The molecule has 2 aromatic rings. The standard InChI is InChI=1S/C19H13N3O3S2/c1-25-15-5-3-2-4-14(15)17(23)21-22-18(24)16(27-19(22)26)10-12-6-8-13(11-20)9-7-12/h2-10H,1H3,(H,21,23)/b16-10+. The lowest BCUT2D eigenvalue weighted by Crippen LogP contribution is -2.44. The lowest BCUT2D eigenvalue weighted by molar-refractivity contribution is -0.123. The number of hydrazine groups is 1. The second-order valence-corrected chi connectivity index (χ2v) is 7.07. The molecule has 0 bridgehead atoms. The maximum absolute atomic E-state index is 12.6. The molecule has 1 saturated heterocycles. The molecule has 0 spiro atoms. The van der Waals surface area contributed by atoms with Crippen LogP contribution < -0.4 is 10.2 Å². The summed E-state index contributed by atoms with van der Waals surface area (Å²) in [5.41, 5.74) is 4.11. The number of benzene rings is 2. The maximum atomic E-state index is 12.6. The fraction of sp³-hybridized carbons (Fsp3) is 0.0526. The summed E-state index contributed by atoms with van der Waals surface area (Å²) < 4.78 is 5.39. The van der Waals surface area contributed by atoms with Crippen molar-refractivity contribution in [2.45, 2.75) is 0 Å². The Morgan fingerprint density at radius 3 is 2.63 bits per heavy atom. The summed E-state index contributed by atoms with van der Waals surface area (Å²) in [6, 6.07) is 15.5. The number of para-hydroxylation sites is 1. The molecule has 1 fully saturated rings. The highest BCUT2D eigenvalue weighted by molar-refractivity contribution is 8.26. The number of rotatable bonds is 4. The van der Waals surface area contributed by atoms with Gasteiger partial charge >= 0.3 is 0 Å². The van der Waals surface area contributed by atoms with Crippen molar-refractivity contribution in [1.82, 2.24) is 10.4 Å². The average molecular weight is 395 g/mol. The van der Waals surface area contributed by atoms with Crippen molar-refractivity contribution in [2.24, 2.45) is 0 Å². The fourth-order valence-corrected chi connectivity index (χ4v) is 3.54. The average Bonchev–Trinajstić information content (AvgIpc) is 2.95. The zero-order chi connectivity index (χ0) is 19.4. The van der Waals surface area contributed by atoms with E-state index in [-0.39, 0.29) is 4.32 Å². The van der Waals surface area contributed by atoms with E-state index >= 15 is 0 Å². The minimum Gasteiger partial charge on any atom is -0.496 e. The van der Waals surface area contributed by atoms with E-state index in [9.17, 15) is 9.59 Å². The van der Waals surface area contributed by atoms with Crippen molar-refractivity contribution in [3.05, 3.63) is 70.1 Å². The number of carbonyl (C=O) groups is 2. The lowest BCUT2D eigenvalue weighted by Gasteiger charge is -2.16. The van der Waals surface area contributed by atoms with Crippen LogP contribution in [0.1, 0.15) is 21.5 Å². The number of amides is 2. The number of nitriles is 1. The van der Waals surface area contributed by atoms with Gasteiger partial charge in [0.05, 0.1) is 29.2 Å². The number of ether oxygens (including phenoxy) is 1. The van der Waals surface area contributed by atoms with Crippen LogP contribution >= 0.6 is 24.0 Å². The molecular weight excluding hydrogens is 382 g/mol. The molecule has 27 heavy (non-hydrogen) atoms. The van der Waals surface area contributed by atoms with Crippen LogP contribution in [0.15, 0.2) is 53.4 Å². The highest BCUT2D eigenvalue weighted by Crippen LogP contribution is 2.31. The van der Waals surface area contributed by atoms with Crippen LogP contribution in [0.4, 0.5) is 0 Å². The summed E-state index contributed by atoms with van der Waals surface area (Å²) in [6.45, 7) is 0. The highest BCUT2D eigenvalue weighted by Gasteiger charge is 2.34. The molecule has 8 heteroatoms. The molecule has 1 heterocycles. The van der Waals surface area contributed by atoms with E-state index in [1.807, 2.05) is 6.07 Å². The zero-order valence-electron chi connectivity index (χ0n) is 14.1. The number of nitrogens with zero attached hydrogens (tertiary/aromatic N) is 2. The van der Waals surface area contributed by atoms with Gasteiger partial charge in [0, 0.05) is 0 Å². The van der Waals surface area contributed by atoms with E-state index in [0.717, 1.165) is 22.3 Å². The molecule has 0 aliphatic carbocycles. The molecule has 2 amide bonds. The topological polar surface area (TPSA) is 82.4 Å². The Labute approximate surface area is 165 Å². The summed E-state index contributed by atoms with van der Waals surface area (Å²) in [4.78, 5) is 25.5. The molecular formula is C19H13N3O3S2. The largest absolute Gasteiger partial charge is 0.496 e. The van der Waals surface area contributed by atoms with Gasteiger partial charge in [0.25, 0.3) is 11.8 Å². The van der Waals surface area contributed by atoms with Crippen molar-refractivity contribution in [2.75, 3.05) is 7.11 Å². The number of methoxy groups -OCH3 is 1. The van der Waals surface area contributed by atoms with Gasteiger partial charge in [-0.25, -0.2) is 0 Å². The van der Waals surface area contributed by atoms with Gasteiger partial charge in [0.2, 0.25) is 0 Å². The number of nitrogens with one attached hydrogen (secondary N) is 1. The summed E-state index contributed by atoms with van der Waals surface area (Å²) >= 11 is 6.31. The minimum absolute atomic E-state index is 0.225. The van der Waals surface area contributed by atoms with Crippen LogP contribution in [-0.4, -0.2) is 28.3 Å². The van der Waals surface area contributed by atoms with E-state index in [2.05, 4.69) is 5.43 Å². The molecule has 1 aliphatic rings. The minimum atomic E-state index is -0.497. The van der Waals surface area contributed by atoms with Crippen LogP contribution in [0.2, 0.25) is 0 Å². The molecule has 3 rings (SSSR count). The maximum Gasteiger partial charge on any atom is 0.285 e. The molecule has 0 radical (unpaired) electrons.